The maximum absolute atomic E-state index is 11.1. The average Bonchev–Trinajstić information content (AvgIpc) is 2.76. The summed E-state index contributed by atoms with van der Waals surface area (Å²) in [5.41, 5.74) is 4.63. The highest BCUT2D eigenvalue weighted by atomic mass is 28.4. The lowest BCUT2D eigenvalue weighted by atomic mass is 10.2. The number of benzene rings is 2. The van der Waals surface area contributed by atoms with Gasteiger partial charge in [0.15, 0.2) is 16.4 Å². The molecule has 0 aliphatic rings. The van der Waals surface area contributed by atoms with Crippen molar-refractivity contribution in [3.63, 3.8) is 0 Å². The van der Waals surface area contributed by atoms with Crippen LogP contribution in [-0.2, 0) is 4.43 Å². The van der Waals surface area contributed by atoms with Crippen molar-refractivity contribution < 1.29 is 9.53 Å². The molecular formula is C30H46O2Si2. The normalized spacial score (nSPS) is 13.9. The zero-order chi connectivity index (χ0) is 25.8. The first-order valence-corrected chi connectivity index (χ1v) is 17.5. The first kappa shape index (κ1) is 28.6. The molecule has 0 amide bonds. The highest BCUT2D eigenvalue weighted by molar-refractivity contribution is 7.09. The summed E-state index contributed by atoms with van der Waals surface area (Å²) in [7, 11) is -4.37. The Labute approximate surface area is 210 Å². The van der Waals surface area contributed by atoms with Gasteiger partial charge in [-0.15, -0.1) is 5.73 Å². The van der Waals surface area contributed by atoms with Gasteiger partial charge in [0.1, 0.15) is 6.10 Å². The summed E-state index contributed by atoms with van der Waals surface area (Å²) < 4.78 is 6.34. The van der Waals surface area contributed by atoms with Crippen molar-refractivity contribution in [1.29, 1.82) is 0 Å². The molecule has 0 aliphatic carbocycles. The van der Waals surface area contributed by atoms with Gasteiger partial charge in [-0.05, 0) is 57.7 Å². The van der Waals surface area contributed by atoms with E-state index in [0.29, 0.717) is 6.61 Å². The van der Waals surface area contributed by atoms with E-state index in [4.69, 9.17) is 4.43 Å². The second kappa shape index (κ2) is 10.9. The first-order chi connectivity index (χ1) is 15.7. The van der Waals surface area contributed by atoms with Crippen LogP contribution >= 0.6 is 0 Å². The Morgan fingerprint density at radius 1 is 0.853 bits per heavy atom. The van der Waals surface area contributed by atoms with Gasteiger partial charge in [0.05, 0.1) is 6.61 Å². The molecule has 2 nitrogen and oxygen atoms in total. The predicted molar refractivity (Wildman–Crippen MR) is 153 cm³/mol. The number of hydrogen-bond donors (Lipinski definition) is 1. The van der Waals surface area contributed by atoms with Gasteiger partial charge in [-0.2, -0.15) is 0 Å². The van der Waals surface area contributed by atoms with Crippen molar-refractivity contribution >= 4 is 26.8 Å². The lowest BCUT2D eigenvalue weighted by Crippen LogP contribution is -2.65. The summed E-state index contributed by atoms with van der Waals surface area (Å²) in [6, 6.07) is 21.9. The second-order valence-corrected chi connectivity index (χ2v) is 21.5. The fourth-order valence-corrected chi connectivity index (χ4v) is 11.6. The van der Waals surface area contributed by atoms with E-state index in [1.165, 1.54) is 15.6 Å². The van der Waals surface area contributed by atoms with Crippen molar-refractivity contribution in [1.82, 2.24) is 0 Å². The highest BCUT2D eigenvalue weighted by Gasteiger charge is 2.50. The van der Waals surface area contributed by atoms with Crippen molar-refractivity contribution in [3.8, 4) is 0 Å². The summed E-state index contributed by atoms with van der Waals surface area (Å²) in [4.78, 5) is 0. The quantitative estimate of drug-likeness (QED) is 0.321. The van der Waals surface area contributed by atoms with Crippen LogP contribution in [0.15, 0.2) is 77.2 Å². The monoisotopic (exact) mass is 494 g/mol. The maximum atomic E-state index is 11.1. The molecule has 0 radical (unpaired) electrons. The lowest BCUT2D eigenvalue weighted by molar-refractivity contribution is 0.127. The molecule has 0 fully saturated rings. The molecule has 0 aromatic heterocycles. The zero-order valence-electron chi connectivity index (χ0n) is 23.1. The largest absolute Gasteiger partial charge is 0.414 e. The second-order valence-electron chi connectivity index (χ2n) is 12.0. The van der Waals surface area contributed by atoms with Crippen LogP contribution in [0.1, 0.15) is 61.8 Å². The molecule has 4 heteroatoms. The maximum Gasteiger partial charge on any atom is 0.192 e. The topological polar surface area (TPSA) is 29.5 Å². The van der Waals surface area contributed by atoms with E-state index in [-0.39, 0.29) is 10.1 Å². The third-order valence-electron chi connectivity index (χ3n) is 7.60. The van der Waals surface area contributed by atoms with Crippen LogP contribution < -0.4 is 10.4 Å². The van der Waals surface area contributed by atoms with Crippen molar-refractivity contribution in [2.24, 2.45) is 0 Å². The average molecular weight is 495 g/mol. The molecule has 1 atom stereocenters. The molecule has 0 heterocycles. The smallest absolute Gasteiger partial charge is 0.192 e. The summed E-state index contributed by atoms with van der Waals surface area (Å²) in [6.45, 7) is 22.8. The van der Waals surface area contributed by atoms with Crippen LogP contribution in [0.5, 0.6) is 0 Å². The fraction of sp³-hybridized carbons (Fsp3) is 0.500. The van der Waals surface area contributed by atoms with Crippen molar-refractivity contribution in [2.75, 3.05) is 6.61 Å². The standard InChI is InChI=1S/C30H46O2Si2/c1-11-25(22-24(2)28(31)23-32-33(9,10)29(3,4)5)34(30(6,7)8,26-18-14-12-15-19-26)27-20-16-13-17-21-27/h12-21,28,31H,11,23H2,1-10H3/t22?,28-/m1/s1. The van der Waals surface area contributed by atoms with Crippen LogP contribution in [0.3, 0.4) is 0 Å². The van der Waals surface area contributed by atoms with Crippen LogP contribution in [0.2, 0.25) is 23.2 Å². The highest BCUT2D eigenvalue weighted by Crippen LogP contribution is 2.41. The molecule has 0 unspecified atom stereocenters. The molecule has 1 N–H and O–H groups in total. The van der Waals surface area contributed by atoms with E-state index < -0.39 is 22.5 Å². The van der Waals surface area contributed by atoms with E-state index >= 15 is 0 Å². The fourth-order valence-electron chi connectivity index (χ4n) is 4.61. The Bertz CT molecular complexity index is 950. The molecule has 0 saturated heterocycles. The summed E-state index contributed by atoms with van der Waals surface area (Å²) >= 11 is 0. The Morgan fingerprint density at radius 2 is 1.29 bits per heavy atom. The molecule has 2 aromatic rings. The number of hydrogen-bond acceptors (Lipinski definition) is 2. The van der Waals surface area contributed by atoms with E-state index in [2.05, 4.69) is 128 Å². The van der Waals surface area contributed by atoms with Gasteiger partial charge < -0.3 is 9.53 Å². The molecule has 0 bridgehead atoms. The minimum absolute atomic E-state index is 0.0108. The third-order valence-corrected chi connectivity index (χ3v) is 18.1. The predicted octanol–water partition coefficient (Wildman–Crippen LogP) is 6.85. The van der Waals surface area contributed by atoms with Gasteiger partial charge in [0, 0.05) is 0 Å². The first-order valence-electron chi connectivity index (χ1n) is 12.6. The van der Waals surface area contributed by atoms with E-state index in [0.717, 1.165) is 12.0 Å². The molecule has 0 saturated carbocycles. The molecule has 2 aromatic carbocycles. The van der Waals surface area contributed by atoms with Gasteiger partial charge in [-0.3, -0.25) is 0 Å². The summed E-state index contributed by atoms with van der Waals surface area (Å²) in [5.74, 6) is 0. The number of aliphatic hydroxyl groups is 1. The molecule has 2 rings (SSSR count). The van der Waals surface area contributed by atoms with Crippen LogP contribution in [0.25, 0.3) is 0 Å². The number of rotatable bonds is 8. The zero-order valence-corrected chi connectivity index (χ0v) is 25.1. The summed E-state index contributed by atoms with van der Waals surface area (Å²) in [5, 5.41) is 15.3. The van der Waals surface area contributed by atoms with Gasteiger partial charge in [0.25, 0.3) is 0 Å². The number of aliphatic hydroxyl groups excluding tert-OH is 1. The van der Waals surface area contributed by atoms with Gasteiger partial charge >= 0.3 is 0 Å². The van der Waals surface area contributed by atoms with Crippen LogP contribution in [-0.4, -0.2) is 34.2 Å². The Balaban J connectivity index is 2.70. The molecular weight excluding hydrogens is 449 g/mol. The Kier molecular flexibility index (Phi) is 9.18. The Morgan fingerprint density at radius 3 is 1.65 bits per heavy atom. The third kappa shape index (κ3) is 5.92. The van der Waals surface area contributed by atoms with Crippen molar-refractivity contribution in [2.45, 2.75) is 91.1 Å². The minimum Gasteiger partial charge on any atom is -0.414 e. The summed E-state index contributed by atoms with van der Waals surface area (Å²) in [6.07, 6.45) is 0.231. The van der Waals surface area contributed by atoms with Gasteiger partial charge in [0.2, 0.25) is 0 Å². The van der Waals surface area contributed by atoms with E-state index in [9.17, 15) is 5.11 Å². The van der Waals surface area contributed by atoms with Gasteiger partial charge in [-0.1, -0.05) is 109 Å². The SMILES string of the molecule is CCC(=C=C(C)[C@H](O)CO[Si](C)(C)C(C)(C)C)[Si](c1ccccc1)(c1ccccc1)C(C)(C)C. The van der Waals surface area contributed by atoms with E-state index in [1.54, 1.807) is 0 Å². The molecule has 186 valence electrons. The molecule has 34 heavy (non-hydrogen) atoms. The van der Waals surface area contributed by atoms with Crippen LogP contribution in [0.4, 0.5) is 0 Å². The minimum atomic E-state index is -2.44. The van der Waals surface area contributed by atoms with Crippen LogP contribution in [0, 0.1) is 0 Å². The Hall–Kier alpha value is -1.69. The van der Waals surface area contributed by atoms with E-state index in [1.807, 2.05) is 6.92 Å². The molecule has 0 aliphatic heterocycles. The lowest BCUT2D eigenvalue weighted by Gasteiger charge is -2.45. The van der Waals surface area contributed by atoms with Crippen molar-refractivity contribution in [3.05, 3.63) is 77.2 Å². The van der Waals surface area contributed by atoms with Gasteiger partial charge in [-0.25, -0.2) is 0 Å². The molecule has 0 spiro atoms.